The molecule has 0 bridgehead atoms. The summed E-state index contributed by atoms with van der Waals surface area (Å²) in [6.45, 7) is 4.77. The van der Waals surface area contributed by atoms with E-state index in [2.05, 4.69) is 129 Å². The van der Waals surface area contributed by atoms with Gasteiger partial charge in [-0.15, -0.1) is 0 Å². The van der Waals surface area contributed by atoms with E-state index < -0.39 is 0 Å². The first kappa shape index (κ1) is 20.4. The van der Waals surface area contributed by atoms with E-state index in [1.165, 1.54) is 49.3 Å². The maximum absolute atomic E-state index is 5.64. The lowest BCUT2D eigenvalue weighted by molar-refractivity contribution is 0.442. The van der Waals surface area contributed by atoms with E-state index in [-0.39, 0.29) is 10.8 Å². The molecule has 0 amide bonds. The van der Waals surface area contributed by atoms with E-state index in [1.807, 2.05) is 0 Å². The predicted molar refractivity (Wildman–Crippen MR) is 147 cm³/mol. The molecule has 1 heteroatoms. The van der Waals surface area contributed by atoms with Crippen LogP contribution in [-0.4, -0.2) is 4.98 Å². The van der Waals surface area contributed by atoms with Gasteiger partial charge in [-0.05, 0) is 50.8 Å². The lowest BCUT2D eigenvalue weighted by Crippen LogP contribution is -2.29. The second kappa shape index (κ2) is 7.26. The number of aromatic nitrogens is 1. The van der Waals surface area contributed by atoms with Gasteiger partial charge in [0.1, 0.15) is 0 Å². The van der Waals surface area contributed by atoms with Crippen molar-refractivity contribution in [2.24, 2.45) is 0 Å². The smallest absolute Gasteiger partial charge is 0.0790 e. The van der Waals surface area contributed by atoms with Crippen molar-refractivity contribution in [2.45, 2.75) is 31.1 Å². The summed E-state index contributed by atoms with van der Waals surface area (Å²) in [6.07, 6.45) is 0.989. The van der Waals surface area contributed by atoms with Gasteiger partial charge in [-0.25, -0.2) is 0 Å². The normalized spacial score (nSPS) is 16.1. The highest BCUT2D eigenvalue weighted by Crippen LogP contribution is 2.56. The number of benzene rings is 5. The van der Waals surface area contributed by atoms with Gasteiger partial charge in [-0.1, -0.05) is 123 Å². The molecule has 0 saturated carbocycles. The van der Waals surface area contributed by atoms with Crippen molar-refractivity contribution in [3.63, 3.8) is 0 Å². The molecule has 0 radical (unpaired) electrons. The molecule has 168 valence electrons. The molecule has 5 aromatic carbocycles. The summed E-state index contributed by atoms with van der Waals surface area (Å²) in [5, 5.41) is 6.33. The largest absolute Gasteiger partial charge is 0.251 e. The Hall–Kier alpha value is -3.97. The molecule has 1 aromatic heterocycles. The van der Waals surface area contributed by atoms with E-state index in [1.54, 1.807) is 0 Å². The van der Waals surface area contributed by atoms with Crippen molar-refractivity contribution < 1.29 is 0 Å². The summed E-state index contributed by atoms with van der Waals surface area (Å²) in [7, 11) is 0. The van der Waals surface area contributed by atoms with Gasteiger partial charge in [0.05, 0.1) is 16.6 Å². The Balaban J connectivity index is 1.68. The lowest BCUT2D eigenvalue weighted by Gasteiger charge is -2.33. The third kappa shape index (κ3) is 2.79. The minimum Gasteiger partial charge on any atom is -0.251 e. The van der Waals surface area contributed by atoms with Crippen LogP contribution in [0.5, 0.6) is 0 Å². The van der Waals surface area contributed by atoms with Crippen molar-refractivity contribution in [1.29, 1.82) is 0 Å². The zero-order chi connectivity index (χ0) is 23.6. The van der Waals surface area contributed by atoms with Crippen LogP contribution in [-0.2, 0) is 10.8 Å². The van der Waals surface area contributed by atoms with E-state index in [9.17, 15) is 0 Å². The van der Waals surface area contributed by atoms with Crippen molar-refractivity contribution in [3.8, 4) is 0 Å². The molecule has 0 N–H and O–H groups in total. The van der Waals surface area contributed by atoms with Crippen LogP contribution >= 0.6 is 0 Å². The van der Waals surface area contributed by atoms with E-state index >= 15 is 0 Å². The number of nitrogens with zero attached hydrogens (tertiary/aromatic N) is 1. The minimum absolute atomic E-state index is 0.0189. The maximum Gasteiger partial charge on any atom is 0.0790 e. The van der Waals surface area contributed by atoms with E-state index in [0.717, 1.165) is 11.9 Å². The Bertz CT molecular complexity index is 1690. The van der Waals surface area contributed by atoms with Crippen LogP contribution in [0.2, 0.25) is 0 Å². The Morgan fingerprint density at radius 1 is 0.543 bits per heavy atom. The molecule has 1 heterocycles. The van der Waals surface area contributed by atoms with Gasteiger partial charge < -0.3 is 0 Å². The Morgan fingerprint density at radius 2 is 1.00 bits per heavy atom. The highest BCUT2D eigenvalue weighted by molar-refractivity contribution is 6.24. The first-order valence-electron chi connectivity index (χ1n) is 12.5. The van der Waals surface area contributed by atoms with Crippen molar-refractivity contribution >= 4 is 32.4 Å². The van der Waals surface area contributed by atoms with Gasteiger partial charge in [0.15, 0.2) is 0 Å². The van der Waals surface area contributed by atoms with Gasteiger partial charge in [-0.2, -0.15) is 0 Å². The second-order valence-corrected chi connectivity index (χ2v) is 10.6. The maximum atomic E-state index is 5.64. The quantitative estimate of drug-likeness (QED) is 0.241. The van der Waals surface area contributed by atoms with Crippen LogP contribution in [0, 0.1) is 0 Å². The van der Waals surface area contributed by atoms with Gasteiger partial charge in [0, 0.05) is 10.8 Å². The monoisotopic (exact) mass is 449 g/mol. The van der Waals surface area contributed by atoms with Crippen LogP contribution < -0.4 is 0 Å². The molecular weight excluding hydrogens is 422 g/mol. The number of hydrogen-bond donors (Lipinski definition) is 0. The van der Waals surface area contributed by atoms with Crippen LogP contribution in [0.15, 0.2) is 115 Å². The fourth-order valence-electron chi connectivity index (χ4n) is 6.57. The highest BCUT2D eigenvalue weighted by Gasteiger charge is 2.51. The average Bonchev–Trinajstić information content (AvgIpc) is 3.16. The van der Waals surface area contributed by atoms with Crippen molar-refractivity contribution in [1.82, 2.24) is 4.98 Å². The molecule has 0 saturated heterocycles. The number of rotatable bonds is 2. The lowest BCUT2D eigenvalue weighted by atomic mass is 9.70. The molecule has 0 atom stereocenters. The second-order valence-electron chi connectivity index (χ2n) is 10.6. The summed E-state index contributed by atoms with van der Waals surface area (Å²) < 4.78 is 0. The molecule has 0 unspecified atom stereocenters. The third-order valence-electron chi connectivity index (χ3n) is 8.09. The van der Waals surface area contributed by atoms with Crippen LogP contribution in [0.1, 0.15) is 42.7 Å². The summed E-state index contributed by atoms with van der Waals surface area (Å²) in [6, 6.07) is 42.0. The molecule has 1 aliphatic carbocycles. The Kier molecular flexibility index (Phi) is 4.23. The fraction of sp³-hybridized carbons (Fsp3) is 0.147. The molecule has 1 nitrogen and oxygen atoms in total. The first-order valence-corrected chi connectivity index (χ1v) is 12.5. The Labute approximate surface area is 206 Å². The summed E-state index contributed by atoms with van der Waals surface area (Å²) in [4.78, 5) is 5.64. The number of pyridine rings is 1. The van der Waals surface area contributed by atoms with Gasteiger partial charge in [0.2, 0.25) is 0 Å². The molecule has 0 aliphatic heterocycles. The number of hydrogen-bond acceptors (Lipinski definition) is 1. The zero-order valence-electron chi connectivity index (χ0n) is 20.1. The minimum atomic E-state index is -0.289. The summed E-state index contributed by atoms with van der Waals surface area (Å²) >= 11 is 0. The standard InChI is InChI=1S/C34H27N/c1-33(2)22-34(23-13-5-3-6-14-23,24-15-7-4-8-16-24)32-30(33)21-29-27-19-10-9-17-25(27)26-18-11-12-20-28(26)31(29)35-32/h3-21H,22H2,1-2H3. The molecule has 7 rings (SSSR count). The summed E-state index contributed by atoms with van der Waals surface area (Å²) in [5.74, 6) is 0. The highest BCUT2D eigenvalue weighted by atomic mass is 14.8. The zero-order valence-corrected chi connectivity index (χ0v) is 20.1. The number of fused-ring (bicyclic) bond motifs is 7. The van der Waals surface area contributed by atoms with Gasteiger partial charge in [-0.3, -0.25) is 4.98 Å². The molecule has 0 fully saturated rings. The molecule has 1 aliphatic rings. The third-order valence-corrected chi connectivity index (χ3v) is 8.09. The first-order chi connectivity index (χ1) is 17.1. The summed E-state index contributed by atoms with van der Waals surface area (Å²) in [5.41, 5.74) is 5.99. The molecule has 0 spiro atoms. The van der Waals surface area contributed by atoms with Crippen LogP contribution in [0.3, 0.4) is 0 Å². The SMILES string of the molecule is CC1(C)CC(c2ccccc2)(c2ccccc2)c2nc3c4ccccc4c4ccccc4c3cc21. The predicted octanol–water partition coefficient (Wildman–Crippen LogP) is 8.56. The topological polar surface area (TPSA) is 12.9 Å². The molecule has 6 aromatic rings. The van der Waals surface area contributed by atoms with Crippen LogP contribution in [0.25, 0.3) is 32.4 Å². The fourth-order valence-corrected chi connectivity index (χ4v) is 6.57. The van der Waals surface area contributed by atoms with E-state index in [0.29, 0.717) is 0 Å². The van der Waals surface area contributed by atoms with Crippen molar-refractivity contribution in [2.75, 3.05) is 0 Å². The molecular formula is C34H27N. The van der Waals surface area contributed by atoms with Gasteiger partial charge in [0.25, 0.3) is 0 Å². The van der Waals surface area contributed by atoms with Crippen LogP contribution in [0.4, 0.5) is 0 Å². The van der Waals surface area contributed by atoms with Gasteiger partial charge >= 0.3 is 0 Å². The molecule has 35 heavy (non-hydrogen) atoms. The Morgan fingerprint density at radius 3 is 1.57 bits per heavy atom. The van der Waals surface area contributed by atoms with Crippen molar-refractivity contribution in [3.05, 3.63) is 138 Å². The van der Waals surface area contributed by atoms with E-state index in [4.69, 9.17) is 4.98 Å². The average molecular weight is 450 g/mol.